The van der Waals surface area contributed by atoms with Crippen molar-refractivity contribution in [1.29, 1.82) is 0 Å². The van der Waals surface area contributed by atoms with Crippen LogP contribution in [0.4, 0.5) is 0 Å². The Labute approximate surface area is 214 Å². The minimum Gasteiger partial charge on any atom is -0.458 e. The Kier molecular flexibility index (Phi) is 6.75. The second-order valence-electron chi connectivity index (χ2n) is 10.3. The Morgan fingerprint density at radius 2 is 1.83 bits per heavy atom. The third-order valence-electron chi connectivity index (χ3n) is 8.60. The van der Waals surface area contributed by atoms with Crippen molar-refractivity contribution in [2.24, 2.45) is 29.1 Å². The summed E-state index contributed by atoms with van der Waals surface area (Å²) in [6.45, 7) is 10.3. The lowest BCUT2D eigenvalue weighted by Gasteiger charge is -2.50. The summed E-state index contributed by atoms with van der Waals surface area (Å²) in [7, 11) is 0. The number of rotatable bonds is 3. The van der Waals surface area contributed by atoms with Crippen LogP contribution < -0.4 is 9.47 Å². The molecule has 3 aliphatic heterocycles. The van der Waals surface area contributed by atoms with Crippen LogP contribution in [0.3, 0.4) is 0 Å². The molecular weight excluding hydrogens is 458 g/mol. The predicted molar refractivity (Wildman–Crippen MR) is 136 cm³/mol. The van der Waals surface area contributed by atoms with Gasteiger partial charge in [0, 0.05) is 26.0 Å². The lowest BCUT2D eigenvalue weighted by atomic mass is 9.64. The largest absolute Gasteiger partial charge is 0.458 e. The highest BCUT2D eigenvalue weighted by Crippen LogP contribution is 2.62. The van der Waals surface area contributed by atoms with Gasteiger partial charge in [-0.05, 0) is 68.2 Å². The average molecular weight is 498 g/mol. The highest BCUT2D eigenvalue weighted by Gasteiger charge is 2.61. The van der Waals surface area contributed by atoms with Gasteiger partial charge in [0.15, 0.2) is 17.3 Å². The van der Waals surface area contributed by atoms with Gasteiger partial charge >= 0.3 is 0 Å². The second kappa shape index (κ2) is 9.83. The average Bonchev–Trinajstić information content (AvgIpc) is 3.21. The van der Waals surface area contributed by atoms with Crippen LogP contribution in [0.2, 0.25) is 0 Å². The maximum atomic E-state index is 12.8. The van der Waals surface area contributed by atoms with Crippen molar-refractivity contribution in [1.82, 2.24) is 4.90 Å². The van der Waals surface area contributed by atoms with E-state index in [2.05, 4.69) is 6.92 Å². The minimum absolute atomic E-state index is 0. The molecule has 0 radical (unpaired) electrons. The maximum absolute atomic E-state index is 12.8. The summed E-state index contributed by atoms with van der Waals surface area (Å²) in [4.78, 5) is 26.2. The molecule has 0 N–H and O–H groups in total. The van der Waals surface area contributed by atoms with Crippen molar-refractivity contribution >= 4 is 11.7 Å². The molecule has 1 saturated heterocycles. The van der Waals surface area contributed by atoms with E-state index in [4.69, 9.17) is 18.9 Å². The molecule has 3 fully saturated rings. The molecule has 3 aliphatic carbocycles. The van der Waals surface area contributed by atoms with Gasteiger partial charge in [-0.2, -0.15) is 0 Å². The fraction of sp³-hybridized carbons (Fsp3) is 0.586. The summed E-state index contributed by atoms with van der Waals surface area (Å²) in [5.41, 5.74) is 0.471. The molecule has 1 amide bonds. The molecule has 36 heavy (non-hydrogen) atoms. The van der Waals surface area contributed by atoms with Crippen LogP contribution in [0.15, 0.2) is 41.9 Å². The van der Waals surface area contributed by atoms with E-state index >= 15 is 0 Å². The number of ketones is 1. The number of Topliss-reactive ketones (excluding diaryl/α,β-unsaturated/α-hetero) is 1. The zero-order valence-corrected chi connectivity index (χ0v) is 21.7. The third kappa shape index (κ3) is 4.16. The zero-order chi connectivity index (χ0) is 25.4. The molecule has 1 aromatic carbocycles. The van der Waals surface area contributed by atoms with Crippen molar-refractivity contribution in [3.05, 3.63) is 47.4 Å². The molecule has 0 aromatic heterocycles. The predicted octanol–water partition coefficient (Wildman–Crippen LogP) is 5.56. The normalized spacial score (nSPS) is 31.6. The van der Waals surface area contributed by atoms with Crippen LogP contribution >= 0.6 is 0 Å². The lowest BCUT2D eigenvalue weighted by molar-refractivity contribution is -0.120. The van der Waals surface area contributed by atoms with Gasteiger partial charge in [0.05, 0.1) is 5.41 Å². The zero-order valence-electron chi connectivity index (χ0n) is 21.7. The van der Waals surface area contributed by atoms with Gasteiger partial charge in [-0.1, -0.05) is 33.3 Å². The Balaban J connectivity index is 0.000000172. The molecule has 3 heterocycles. The standard InChI is InChI=1S/C17H21NO3.C10H10O3.C2H6.H2/c1-2-11-8-18(9-13-3-5-14(11)13)17(19)12-4-6-15-16(7-12)21-10-20-15;1-6(11)10-3-2-8-9(7(10)4-10)13-5-12-8;1-2;/h4,6-7,11,13-14H,2-3,5,8-10H2,1H3;2-3,7H,4-5H2,1H3;1-2H3;1H. The van der Waals surface area contributed by atoms with Gasteiger partial charge in [-0.25, -0.2) is 0 Å². The van der Waals surface area contributed by atoms with Crippen LogP contribution in [0.25, 0.3) is 0 Å². The fourth-order valence-corrected chi connectivity index (χ4v) is 6.25. The summed E-state index contributed by atoms with van der Waals surface area (Å²) in [6, 6.07) is 5.51. The first-order chi connectivity index (χ1) is 17.5. The SMILES string of the molecule is CC.CC(=O)C12C=CC3=C(OCO3)C1C2.CCC1CN(C(=O)c2ccc3c(c2)OCO3)CC2CCC12.[HH]. The highest BCUT2D eigenvalue weighted by atomic mass is 16.7. The first kappa shape index (κ1) is 24.7. The second-order valence-corrected chi connectivity index (χ2v) is 10.3. The quantitative estimate of drug-likeness (QED) is 0.544. The first-order valence-corrected chi connectivity index (χ1v) is 13.4. The van der Waals surface area contributed by atoms with E-state index in [-0.39, 0.29) is 31.2 Å². The Hall–Kier alpha value is -2.96. The molecule has 7 heteroatoms. The van der Waals surface area contributed by atoms with Crippen LogP contribution in [-0.4, -0.2) is 43.3 Å². The number of fused-ring (bicyclic) bond motifs is 4. The summed E-state index contributed by atoms with van der Waals surface area (Å²) in [5, 5.41) is 0. The number of likely N-dealkylation sites (tertiary alicyclic amines) is 1. The summed E-state index contributed by atoms with van der Waals surface area (Å²) in [5.74, 6) is 6.01. The van der Waals surface area contributed by atoms with E-state index in [1.54, 1.807) is 6.92 Å². The Bertz CT molecular complexity index is 1100. The third-order valence-corrected chi connectivity index (χ3v) is 8.60. The molecule has 2 saturated carbocycles. The van der Waals surface area contributed by atoms with E-state index in [1.807, 2.05) is 49.1 Å². The van der Waals surface area contributed by atoms with Crippen LogP contribution in [-0.2, 0) is 14.3 Å². The first-order valence-electron chi connectivity index (χ1n) is 13.4. The molecule has 5 unspecified atom stereocenters. The number of nitrogens with zero attached hydrogens (tertiary/aromatic N) is 1. The molecular formula is C29H39NO6. The number of amides is 1. The van der Waals surface area contributed by atoms with Gasteiger partial charge in [-0.15, -0.1) is 0 Å². The minimum atomic E-state index is -0.244. The van der Waals surface area contributed by atoms with Crippen LogP contribution in [0.1, 0.15) is 65.2 Å². The maximum Gasteiger partial charge on any atom is 0.254 e. The van der Waals surface area contributed by atoms with Crippen molar-refractivity contribution < 1.29 is 30.0 Å². The van der Waals surface area contributed by atoms with Gasteiger partial charge in [0.2, 0.25) is 13.6 Å². The number of hydrogen-bond donors (Lipinski definition) is 0. The molecule has 0 spiro atoms. The monoisotopic (exact) mass is 497 g/mol. The highest BCUT2D eigenvalue weighted by molar-refractivity contribution is 5.95. The number of ether oxygens (including phenoxy) is 4. The number of carbonyl (C=O) groups excluding carboxylic acids is 2. The van der Waals surface area contributed by atoms with E-state index < -0.39 is 0 Å². The van der Waals surface area contributed by atoms with Crippen molar-refractivity contribution in [3.8, 4) is 11.5 Å². The molecule has 7 nitrogen and oxygen atoms in total. The molecule has 196 valence electrons. The molecule has 6 aliphatic rings. The van der Waals surface area contributed by atoms with Crippen LogP contribution in [0.5, 0.6) is 11.5 Å². The van der Waals surface area contributed by atoms with Crippen molar-refractivity contribution in [3.63, 3.8) is 0 Å². The van der Waals surface area contributed by atoms with Crippen molar-refractivity contribution in [2.75, 3.05) is 26.7 Å². The molecule has 5 atom stereocenters. The summed E-state index contributed by atoms with van der Waals surface area (Å²) in [6.07, 6.45) is 8.54. The number of hydrogen-bond acceptors (Lipinski definition) is 6. The molecule has 0 bridgehead atoms. The van der Waals surface area contributed by atoms with E-state index in [1.165, 1.54) is 19.3 Å². The summed E-state index contributed by atoms with van der Waals surface area (Å²) < 4.78 is 21.3. The number of carbonyl (C=O) groups is 2. The number of piperidine rings is 1. The summed E-state index contributed by atoms with van der Waals surface area (Å²) >= 11 is 0. The fourth-order valence-electron chi connectivity index (χ4n) is 6.25. The number of benzene rings is 1. The smallest absolute Gasteiger partial charge is 0.254 e. The van der Waals surface area contributed by atoms with E-state index in [0.717, 1.165) is 48.6 Å². The van der Waals surface area contributed by atoms with Crippen LogP contribution in [0, 0.1) is 29.1 Å². The Morgan fingerprint density at radius 1 is 1.06 bits per heavy atom. The van der Waals surface area contributed by atoms with E-state index in [0.29, 0.717) is 24.0 Å². The lowest BCUT2D eigenvalue weighted by Crippen LogP contribution is -2.52. The van der Waals surface area contributed by atoms with Gasteiger partial charge < -0.3 is 23.8 Å². The van der Waals surface area contributed by atoms with Gasteiger partial charge in [0.1, 0.15) is 11.5 Å². The van der Waals surface area contributed by atoms with Gasteiger partial charge in [-0.3, -0.25) is 9.59 Å². The molecule has 7 rings (SSSR count). The van der Waals surface area contributed by atoms with Gasteiger partial charge in [0.25, 0.3) is 5.91 Å². The Morgan fingerprint density at radius 3 is 2.56 bits per heavy atom. The number of allylic oxidation sites excluding steroid dienone is 3. The van der Waals surface area contributed by atoms with Crippen molar-refractivity contribution in [2.45, 2.75) is 53.4 Å². The molecule has 1 aromatic rings. The van der Waals surface area contributed by atoms with E-state index in [9.17, 15) is 9.59 Å². The topological polar surface area (TPSA) is 74.3 Å².